The number of aryl methyl sites for hydroxylation is 1. The largest absolute Gasteiger partial charge is 0.356 e. The molecule has 0 radical (unpaired) electrons. The number of aromatic nitrogens is 3. The van der Waals surface area contributed by atoms with Crippen LogP contribution in [0.2, 0.25) is 0 Å². The monoisotopic (exact) mass is 386 g/mol. The molecular formula is C20H30N6S. The summed E-state index contributed by atoms with van der Waals surface area (Å²) in [6.45, 7) is 4.94. The molecule has 27 heavy (non-hydrogen) atoms. The Bertz CT molecular complexity index is 727. The second-order valence-corrected chi connectivity index (χ2v) is 8.38. The number of fused-ring (bicyclic) bond motifs is 1. The molecule has 0 amide bonds. The summed E-state index contributed by atoms with van der Waals surface area (Å²) in [6, 6.07) is 10.5. The van der Waals surface area contributed by atoms with Crippen LogP contribution in [0.3, 0.4) is 0 Å². The average Bonchev–Trinajstić information content (AvgIpc) is 2.91. The molecule has 0 bridgehead atoms. The van der Waals surface area contributed by atoms with E-state index in [-0.39, 0.29) is 0 Å². The first kappa shape index (κ1) is 19.7. The fourth-order valence-corrected chi connectivity index (χ4v) is 4.20. The number of nitrogens with one attached hydrogen (secondary N) is 2. The van der Waals surface area contributed by atoms with E-state index in [0.29, 0.717) is 5.25 Å². The van der Waals surface area contributed by atoms with E-state index < -0.39 is 0 Å². The molecule has 2 aromatic rings. The molecular weight excluding hydrogens is 356 g/mol. The molecule has 0 saturated heterocycles. The van der Waals surface area contributed by atoms with Crippen molar-refractivity contribution in [2.24, 2.45) is 4.99 Å². The Kier molecular flexibility index (Phi) is 7.56. The number of rotatable bonds is 7. The Balaban J connectivity index is 1.41. The highest BCUT2D eigenvalue weighted by molar-refractivity contribution is 8.00. The van der Waals surface area contributed by atoms with Crippen LogP contribution in [0.4, 0.5) is 0 Å². The molecule has 0 aliphatic carbocycles. The zero-order valence-corrected chi connectivity index (χ0v) is 17.1. The maximum Gasteiger partial charge on any atom is 0.191 e. The van der Waals surface area contributed by atoms with Crippen LogP contribution in [-0.4, -0.2) is 46.1 Å². The summed E-state index contributed by atoms with van der Waals surface area (Å²) in [5.74, 6) is 3.07. The molecule has 7 heteroatoms. The average molecular weight is 387 g/mol. The van der Waals surface area contributed by atoms with Gasteiger partial charge in [-0.2, -0.15) is 0 Å². The van der Waals surface area contributed by atoms with E-state index in [4.69, 9.17) is 0 Å². The van der Waals surface area contributed by atoms with E-state index >= 15 is 0 Å². The summed E-state index contributed by atoms with van der Waals surface area (Å²) in [7, 11) is 1.81. The van der Waals surface area contributed by atoms with Crippen LogP contribution < -0.4 is 10.6 Å². The van der Waals surface area contributed by atoms with Gasteiger partial charge in [-0.25, -0.2) is 0 Å². The van der Waals surface area contributed by atoms with Crippen molar-refractivity contribution in [2.75, 3.05) is 20.1 Å². The van der Waals surface area contributed by atoms with Gasteiger partial charge < -0.3 is 15.2 Å². The third-order valence-corrected chi connectivity index (χ3v) is 5.80. The molecule has 0 spiro atoms. The molecule has 3 rings (SSSR count). The van der Waals surface area contributed by atoms with Gasteiger partial charge in [0.15, 0.2) is 5.96 Å². The van der Waals surface area contributed by atoms with E-state index in [1.54, 1.807) is 0 Å². The lowest BCUT2D eigenvalue weighted by molar-refractivity contribution is 0.600. The van der Waals surface area contributed by atoms with Crippen molar-refractivity contribution in [3.05, 3.63) is 42.0 Å². The van der Waals surface area contributed by atoms with E-state index in [0.717, 1.165) is 50.1 Å². The SMILES string of the molecule is CN=C(NCCc1nnc2n1CCCCC2)NCC(C)Sc1ccccc1. The van der Waals surface area contributed by atoms with Crippen molar-refractivity contribution in [2.45, 2.75) is 55.7 Å². The highest BCUT2D eigenvalue weighted by Crippen LogP contribution is 2.21. The quantitative estimate of drug-likeness (QED) is 0.435. The van der Waals surface area contributed by atoms with Crippen LogP contribution in [0.1, 0.15) is 37.8 Å². The number of benzene rings is 1. The minimum Gasteiger partial charge on any atom is -0.356 e. The molecule has 1 atom stereocenters. The third-order valence-electron chi connectivity index (χ3n) is 4.69. The first-order chi connectivity index (χ1) is 13.3. The molecule has 6 nitrogen and oxygen atoms in total. The summed E-state index contributed by atoms with van der Waals surface area (Å²) in [5, 5.41) is 16.0. The van der Waals surface area contributed by atoms with Crippen LogP contribution in [0.15, 0.2) is 40.2 Å². The van der Waals surface area contributed by atoms with Gasteiger partial charge >= 0.3 is 0 Å². The van der Waals surface area contributed by atoms with Crippen LogP contribution in [-0.2, 0) is 19.4 Å². The minimum absolute atomic E-state index is 0.457. The maximum atomic E-state index is 4.39. The standard InChI is InChI=1S/C20H30N6S/c1-16(27-17-9-5-3-6-10-17)15-23-20(21-2)22-13-12-19-25-24-18-11-7-4-8-14-26(18)19/h3,5-6,9-10,16H,4,7-8,11-15H2,1-2H3,(H2,21,22,23). The predicted molar refractivity (Wildman–Crippen MR) is 112 cm³/mol. The Labute approximate surface area is 166 Å². The summed E-state index contributed by atoms with van der Waals surface area (Å²) in [5.41, 5.74) is 0. The molecule has 0 saturated carbocycles. The van der Waals surface area contributed by atoms with Crippen molar-refractivity contribution >= 4 is 17.7 Å². The van der Waals surface area contributed by atoms with E-state index in [1.165, 1.54) is 24.2 Å². The number of hydrogen-bond donors (Lipinski definition) is 2. The van der Waals surface area contributed by atoms with Crippen molar-refractivity contribution in [1.29, 1.82) is 0 Å². The minimum atomic E-state index is 0.457. The lowest BCUT2D eigenvalue weighted by Crippen LogP contribution is -2.41. The van der Waals surface area contributed by atoms with Crippen LogP contribution in [0.25, 0.3) is 0 Å². The van der Waals surface area contributed by atoms with Crippen molar-refractivity contribution in [3.8, 4) is 0 Å². The Morgan fingerprint density at radius 2 is 2.04 bits per heavy atom. The first-order valence-electron chi connectivity index (χ1n) is 9.83. The highest BCUT2D eigenvalue weighted by Gasteiger charge is 2.14. The van der Waals surface area contributed by atoms with E-state index in [9.17, 15) is 0 Å². The zero-order valence-electron chi connectivity index (χ0n) is 16.3. The molecule has 1 aliphatic heterocycles. The van der Waals surface area contributed by atoms with Crippen molar-refractivity contribution in [1.82, 2.24) is 25.4 Å². The number of thioether (sulfide) groups is 1. The number of guanidine groups is 1. The lowest BCUT2D eigenvalue weighted by atomic mass is 10.2. The Morgan fingerprint density at radius 3 is 2.85 bits per heavy atom. The number of nitrogens with zero attached hydrogens (tertiary/aromatic N) is 4. The smallest absolute Gasteiger partial charge is 0.191 e. The second-order valence-electron chi connectivity index (χ2n) is 6.87. The fourth-order valence-electron chi connectivity index (χ4n) is 3.26. The van der Waals surface area contributed by atoms with Gasteiger partial charge in [0, 0.05) is 49.7 Å². The molecule has 146 valence electrons. The predicted octanol–water partition coefficient (Wildman–Crippen LogP) is 2.89. The maximum absolute atomic E-state index is 4.39. The van der Waals surface area contributed by atoms with E-state index in [2.05, 4.69) is 61.6 Å². The summed E-state index contributed by atoms with van der Waals surface area (Å²) < 4.78 is 2.31. The van der Waals surface area contributed by atoms with Crippen LogP contribution >= 0.6 is 11.8 Å². The molecule has 1 aromatic carbocycles. The molecule has 2 heterocycles. The summed E-state index contributed by atoms with van der Waals surface area (Å²) in [6.07, 6.45) is 5.66. The van der Waals surface area contributed by atoms with Crippen LogP contribution in [0, 0.1) is 0 Å². The fraction of sp³-hybridized carbons (Fsp3) is 0.550. The van der Waals surface area contributed by atoms with Gasteiger partial charge in [-0.3, -0.25) is 4.99 Å². The molecule has 1 aromatic heterocycles. The van der Waals surface area contributed by atoms with Gasteiger partial charge in [0.2, 0.25) is 0 Å². The van der Waals surface area contributed by atoms with Crippen LogP contribution in [0.5, 0.6) is 0 Å². The number of aliphatic imine (C=N–C) groups is 1. The Hall–Kier alpha value is -2.02. The normalized spacial score (nSPS) is 15.7. The molecule has 0 fully saturated rings. The lowest BCUT2D eigenvalue weighted by Gasteiger charge is -2.16. The van der Waals surface area contributed by atoms with Gasteiger partial charge in [0.25, 0.3) is 0 Å². The summed E-state index contributed by atoms with van der Waals surface area (Å²) in [4.78, 5) is 5.62. The second kappa shape index (κ2) is 10.3. The number of hydrogen-bond acceptors (Lipinski definition) is 4. The van der Waals surface area contributed by atoms with Gasteiger partial charge in [-0.1, -0.05) is 31.5 Å². The Morgan fingerprint density at radius 1 is 1.19 bits per heavy atom. The molecule has 1 aliphatic rings. The van der Waals surface area contributed by atoms with Gasteiger partial charge in [0.05, 0.1) is 0 Å². The first-order valence-corrected chi connectivity index (χ1v) is 10.7. The topological polar surface area (TPSA) is 67.1 Å². The van der Waals surface area contributed by atoms with Crippen molar-refractivity contribution in [3.63, 3.8) is 0 Å². The zero-order chi connectivity index (χ0) is 18.9. The highest BCUT2D eigenvalue weighted by atomic mass is 32.2. The van der Waals surface area contributed by atoms with Gasteiger partial charge in [-0.15, -0.1) is 22.0 Å². The van der Waals surface area contributed by atoms with E-state index in [1.807, 2.05) is 24.9 Å². The molecule has 1 unspecified atom stereocenters. The van der Waals surface area contributed by atoms with Gasteiger partial charge in [0.1, 0.15) is 11.6 Å². The summed E-state index contributed by atoms with van der Waals surface area (Å²) >= 11 is 1.87. The molecule has 2 N–H and O–H groups in total. The van der Waals surface area contributed by atoms with Crippen molar-refractivity contribution < 1.29 is 0 Å². The van der Waals surface area contributed by atoms with Gasteiger partial charge in [-0.05, 0) is 25.0 Å². The third kappa shape index (κ3) is 5.99.